The fourth-order valence-corrected chi connectivity index (χ4v) is 1.40. The average Bonchev–Trinajstić information content (AvgIpc) is 2.51. The first-order valence-corrected chi connectivity index (χ1v) is 4.36. The van der Waals surface area contributed by atoms with E-state index < -0.39 is 0 Å². The lowest BCUT2D eigenvalue weighted by Crippen LogP contribution is -2.08. The van der Waals surface area contributed by atoms with Crippen molar-refractivity contribution in [3.63, 3.8) is 0 Å². The van der Waals surface area contributed by atoms with Gasteiger partial charge in [0.2, 0.25) is 0 Å². The summed E-state index contributed by atoms with van der Waals surface area (Å²) in [5.41, 5.74) is 0.531. The highest BCUT2D eigenvalue weighted by molar-refractivity contribution is 5.42. The van der Waals surface area contributed by atoms with Crippen molar-refractivity contribution in [2.75, 3.05) is 0 Å². The van der Waals surface area contributed by atoms with Crippen LogP contribution >= 0.6 is 0 Å². The van der Waals surface area contributed by atoms with Crippen LogP contribution in [0.4, 0.5) is 0 Å². The fraction of sp³-hybridized carbons (Fsp3) is 0.333. The molecule has 0 aliphatic carbocycles. The Morgan fingerprint density at radius 1 is 1.62 bits per heavy atom. The molecule has 0 radical (unpaired) electrons. The van der Waals surface area contributed by atoms with Crippen LogP contribution in [0.25, 0.3) is 5.52 Å². The lowest BCUT2D eigenvalue weighted by molar-refractivity contribution is 0.827. The number of H-pyrrole nitrogens is 1. The van der Waals surface area contributed by atoms with Gasteiger partial charge in [0.25, 0.3) is 5.56 Å². The van der Waals surface area contributed by atoms with E-state index in [0.717, 1.165) is 18.7 Å². The highest BCUT2D eigenvalue weighted by Gasteiger charge is 2.03. The quantitative estimate of drug-likeness (QED) is 0.743. The molecule has 68 valence electrons. The van der Waals surface area contributed by atoms with Crippen LogP contribution in [0.5, 0.6) is 0 Å². The number of nitrogens with one attached hydrogen (secondary N) is 1. The van der Waals surface area contributed by atoms with Gasteiger partial charge >= 0.3 is 0 Å². The Hall–Kier alpha value is -1.58. The molecule has 0 spiro atoms. The third-order valence-corrected chi connectivity index (χ3v) is 2.02. The molecule has 2 rings (SSSR count). The van der Waals surface area contributed by atoms with Crippen molar-refractivity contribution < 1.29 is 0 Å². The Morgan fingerprint density at radius 3 is 3.23 bits per heavy atom. The van der Waals surface area contributed by atoms with Gasteiger partial charge in [-0.05, 0) is 6.42 Å². The Bertz CT molecular complexity index is 469. The van der Waals surface area contributed by atoms with Gasteiger partial charge in [-0.25, -0.2) is 4.98 Å². The number of rotatable bonds is 2. The van der Waals surface area contributed by atoms with E-state index in [1.807, 2.05) is 10.6 Å². The minimum absolute atomic E-state index is 0.0858. The van der Waals surface area contributed by atoms with Crippen molar-refractivity contribution in [1.82, 2.24) is 14.4 Å². The molecule has 1 N–H and O–H groups in total. The second-order valence-electron chi connectivity index (χ2n) is 2.97. The zero-order valence-electron chi connectivity index (χ0n) is 7.45. The van der Waals surface area contributed by atoms with E-state index in [1.54, 1.807) is 12.4 Å². The van der Waals surface area contributed by atoms with Crippen molar-refractivity contribution in [3.05, 3.63) is 34.8 Å². The highest BCUT2D eigenvalue weighted by atomic mass is 16.1. The van der Waals surface area contributed by atoms with Crippen molar-refractivity contribution in [2.24, 2.45) is 0 Å². The summed E-state index contributed by atoms with van der Waals surface area (Å²) in [5.74, 6) is 0.948. The summed E-state index contributed by atoms with van der Waals surface area (Å²) in [6.07, 6.45) is 7.01. The van der Waals surface area contributed by atoms with Gasteiger partial charge in [0.15, 0.2) is 0 Å². The first kappa shape index (κ1) is 8.04. The van der Waals surface area contributed by atoms with Gasteiger partial charge in [0.1, 0.15) is 11.3 Å². The van der Waals surface area contributed by atoms with Gasteiger partial charge < -0.3 is 4.98 Å². The second-order valence-corrected chi connectivity index (χ2v) is 2.97. The van der Waals surface area contributed by atoms with E-state index in [4.69, 9.17) is 0 Å². The molecule has 0 aliphatic rings. The number of aromatic nitrogens is 3. The molecule has 13 heavy (non-hydrogen) atoms. The molecule has 4 heteroatoms. The SMILES string of the molecule is CCCc1ncc2c(=O)[nH]ccn12. The monoisotopic (exact) mass is 177 g/mol. The van der Waals surface area contributed by atoms with Gasteiger partial charge in [-0.15, -0.1) is 0 Å². The second kappa shape index (κ2) is 3.05. The van der Waals surface area contributed by atoms with Crippen molar-refractivity contribution in [2.45, 2.75) is 19.8 Å². The number of aryl methyl sites for hydroxylation is 1. The lowest BCUT2D eigenvalue weighted by atomic mass is 10.3. The minimum atomic E-state index is -0.0858. The van der Waals surface area contributed by atoms with Gasteiger partial charge in [-0.2, -0.15) is 0 Å². The van der Waals surface area contributed by atoms with Crippen LogP contribution < -0.4 is 5.56 Å². The Labute approximate surface area is 75.2 Å². The lowest BCUT2D eigenvalue weighted by Gasteiger charge is -1.96. The van der Waals surface area contributed by atoms with Crippen molar-refractivity contribution in [3.8, 4) is 0 Å². The Morgan fingerprint density at radius 2 is 2.46 bits per heavy atom. The topological polar surface area (TPSA) is 50.2 Å². The predicted molar refractivity (Wildman–Crippen MR) is 49.8 cm³/mol. The van der Waals surface area contributed by atoms with Gasteiger partial charge in [-0.1, -0.05) is 6.92 Å². The molecule has 0 saturated heterocycles. The largest absolute Gasteiger partial charge is 0.326 e. The van der Waals surface area contributed by atoms with Crippen LogP contribution in [0.15, 0.2) is 23.4 Å². The number of nitrogens with zero attached hydrogens (tertiary/aromatic N) is 2. The van der Waals surface area contributed by atoms with E-state index in [-0.39, 0.29) is 5.56 Å². The Balaban J connectivity index is 2.68. The summed E-state index contributed by atoms with van der Waals surface area (Å²) in [7, 11) is 0. The molecule has 0 aromatic carbocycles. The maximum atomic E-state index is 11.3. The maximum Gasteiger partial charge on any atom is 0.273 e. The van der Waals surface area contributed by atoms with Gasteiger partial charge in [-0.3, -0.25) is 9.20 Å². The van der Waals surface area contributed by atoms with Crippen LogP contribution in [0, 0.1) is 0 Å². The molecule has 2 heterocycles. The molecule has 4 nitrogen and oxygen atoms in total. The zero-order valence-corrected chi connectivity index (χ0v) is 7.45. The van der Waals surface area contributed by atoms with Crippen LogP contribution in [0.2, 0.25) is 0 Å². The first-order valence-electron chi connectivity index (χ1n) is 4.36. The summed E-state index contributed by atoms with van der Waals surface area (Å²) in [4.78, 5) is 18.1. The minimum Gasteiger partial charge on any atom is -0.326 e. The van der Waals surface area contributed by atoms with E-state index in [9.17, 15) is 4.79 Å². The zero-order chi connectivity index (χ0) is 9.26. The third kappa shape index (κ3) is 1.24. The van der Waals surface area contributed by atoms with Crippen LogP contribution in [-0.2, 0) is 6.42 Å². The van der Waals surface area contributed by atoms with Crippen LogP contribution in [-0.4, -0.2) is 14.4 Å². The molecule has 2 aromatic heterocycles. The van der Waals surface area contributed by atoms with Gasteiger partial charge in [0, 0.05) is 18.8 Å². The first-order chi connectivity index (χ1) is 6.33. The van der Waals surface area contributed by atoms with Crippen molar-refractivity contribution >= 4 is 5.52 Å². The molecule has 0 amide bonds. The molecule has 0 unspecified atom stereocenters. The summed E-state index contributed by atoms with van der Waals surface area (Å²) in [6.45, 7) is 2.09. The molecule has 0 atom stereocenters. The van der Waals surface area contributed by atoms with E-state index in [0.29, 0.717) is 5.52 Å². The predicted octanol–water partition coefficient (Wildman–Crippen LogP) is 0.975. The highest BCUT2D eigenvalue weighted by Crippen LogP contribution is 2.03. The standard InChI is InChI=1S/C9H11N3O/c1-2-3-8-11-6-7-9(13)10-4-5-12(7)8/h4-6H,2-3H2,1H3,(H,10,13). The number of fused-ring (bicyclic) bond motifs is 1. The average molecular weight is 177 g/mol. The number of aromatic amines is 1. The summed E-state index contributed by atoms with van der Waals surface area (Å²) >= 11 is 0. The third-order valence-electron chi connectivity index (χ3n) is 2.02. The number of hydrogen-bond donors (Lipinski definition) is 1. The van der Waals surface area contributed by atoms with E-state index >= 15 is 0 Å². The fourth-order valence-electron chi connectivity index (χ4n) is 1.40. The molecule has 0 fully saturated rings. The summed E-state index contributed by atoms with van der Waals surface area (Å²) in [5, 5.41) is 0. The Kier molecular flexibility index (Phi) is 1.88. The maximum absolute atomic E-state index is 11.3. The van der Waals surface area contributed by atoms with Gasteiger partial charge in [0.05, 0.1) is 6.20 Å². The molecule has 2 aromatic rings. The normalized spacial score (nSPS) is 10.8. The molecule has 0 saturated carbocycles. The van der Waals surface area contributed by atoms with Crippen molar-refractivity contribution in [1.29, 1.82) is 0 Å². The van der Waals surface area contributed by atoms with E-state index in [1.165, 1.54) is 0 Å². The smallest absolute Gasteiger partial charge is 0.273 e. The van der Waals surface area contributed by atoms with E-state index in [2.05, 4.69) is 16.9 Å². The molecule has 0 bridgehead atoms. The van der Waals surface area contributed by atoms with Crippen LogP contribution in [0.1, 0.15) is 19.2 Å². The van der Waals surface area contributed by atoms with Crippen LogP contribution in [0.3, 0.4) is 0 Å². The number of hydrogen-bond acceptors (Lipinski definition) is 2. The number of imidazole rings is 1. The molecular weight excluding hydrogens is 166 g/mol. The molecular formula is C9H11N3O. The summed E-state index contributed by atoms with van der Waals surface area (Å²) < 4.78 is 1.84. The molecule has 0 aliphatic heterocycles. The summed E-state index contributed by atoms with van der Waals surface area (Å²) in [6, 6.07) is 0.